The molecule has 1 heterocycles. The molecule has 0 saturated carbocycles. The van der Waals surface area contributed by atoms with E-state index in [2.05, 4.69) is 4.90 Å². The molecule has 2 aromatic carbocycles. The van der Waals surface area contributed by atoms with E-state index in [1.807, 2.05) is 24.3 Å². The molecule has 0 spiro atoms. The predicted molar refractivity (Wildman–Crippen MR) is 133 cm³/mol. The lowest BCUT2D eigenvalue weighted by Gasteiger charge is -2.26. The van der Waals surface area contributed by atoms with Crippen LogP contribution >= 0.6 is 23.2 Å². The lowest BCUT2D eigenvalue weighted by molar-refractivity contribution is -0.134. The predicted octanol–water partition coefficient (Wildman–Crippen LogP) is 4.90. The topological polar surface area (TPSA) is 76.1 Å². The van der Waals surface area contributed by atoms with Gasteiger partial charge in [-0.15, -0.1) is 0 Å². The molecule has 0 aromatic heterocycles. The van der Waals surface area contributed by atoms with Crippen molar-refractivity contribution in [3.05, 3.63) is 74.8 Å². The van der Waals surface area contributed by atoms with Crippen LogP contribution < -0.4 is 0 Å². The minimum absolute atomic E-state index is 0.0475. The molecule has 0 amide bonds. The second-order valence-corrected chi connectivity index (χ2v) is 8.91. The minimum atomic E-state index is -1.29. The quantitative estimate of drug-likeness (QED) is 0.202. The summed E-state index contributed by atoms with van der Waals surface area (Å²) in [6, 6.07) is 12.6. The molecule has 0 unspecified atom stereocenters. The lowest BCUT2D eigenvalue weighted by atomic mass is 9.94. The smallest absolute Gasteiger partial charge is 0.339 e. The van der Waals surface area contributed by atoms with Crippen molar-refractivity contribution < 1.29 is 24.2 Å². The monoisotopic (exact) mass is 505 g/mol. The summed E-state index contributed by atoms with van der Waals surface area (Å²) in [6.07, 6.45) is 0.452. The van der Waals surface area contributed by atoms with Crippen LogP contribution in [0.15, 0.2) is 48.0 Å². The number of benzene rings is 2. The third kappa shape index (κ3) is 7.14. The summed E-state index contributed by atoms with van der Waals surface area (Å²) in [4.78, 5) is 27.2. The van der Waals surface area contributed by atoms with Gasteiger partial charge in [-0.1, -0.05) is 53.5 Å². The van der Waals surface area contributed by atoms with Crippen molar-refractivity contribution in [1.29, 1.82) is 0 Å². The molecule has 182 valence electrons. The Bertz CT molecular complexity index is 1030. The van der Waals surface area contributed by atoms with Crippen LogP contribution in [0.5, 0.6) is 0 Å². The average Bonchev–Trinajstić information content (AvgIpc) is 2.81. The van der Waals surface area contributed by atoms with Crippen molar-refractivity contribution in [3.63, 3.8) is 0 Å². The first-order valence-electron chi connectivity index (χ1n) is 11.2. The molecule has 0 atom stereocenters. The van der Waals surface area contributed by atoms with Crippen molar-refractivity contribution in [3.8, 4) is 0 Å². The summed E-state index contributed by atoms with van der Waals surface area (Å²) in [6.45, 7) is 6.80. The Morgan fingerprint density at radius 3 is 2.32 bits per heavy atom. The number of ether oxygens (including phenoxy) is 2. The number of carboxylic acids is 1. The van der Waals surface area contributed by atoms with Gasteiger partial charge in [0.1, 0.15) is 5.57 Å². The van der Waals surface area contributed by atoms with Gasteiger partial charge in [0.05, 0.1) is 26.4 Å². The molecule has 3 rings (SSSR count). The van der Waals surface area contributed by atoms with Crippen LogP contribution in [0.1, 0.15) is 30.0 Å². The van der Waals surface area contributed by atoms with E-state index in [1.54, 1.807) is 25.1 Å². The number of ketones is 1. The van der Waals surface area contributed by atoms with E-state index in [1.165, 1.54) is 0 Å². The highest BCUT2D eigenvalue weighted by atomic mass is 35.5. The summed E-state index contributed by atoms with van der Waals surface area (Å²) in [5.41, 5.74) is 2.28. The Morgan fingerprint density at radius 2 is 1.68 bits per heavy atom. The van der Waals surface area contributed by atoms with Crippen LogP contribution in [0, 0.1) is 0 Å². The average molecular weight is 506 g/mol. The SMILES string of the molecule is CC(=C(C(=O)O)C(=O)CCc1ccccc1COCCN1CCOCC1)c1c(Cl)cccc1Cl. The highest BCUT2D eigenvalue weighted by Crippen LogP contribution is 2.33. The number of hydrogen-bond acceptors (Lipinski definition) is 5. The van der Waals surface area contributed by atoms with Crippen molar-refractivity contribution in [1.82, 2.24) is 4.90 Å². The molecule has 1 aliphatic rings. The number of aliphatic carboxylic acids is 1. The number of carbonyl (C=O) groups is 2. The molecule has 0 bridgehead atoms. The summed E-state index contributed by atoms with van der Waals surface area (Å²) in [5.74, 6) is -1.76. The Labute approximate surface area is 210 Å². The third-order valence-electron chi connectivity index (χ3n) is 5.86. The van der Waals surface area contributed by atoms with Gasteiger partial charge >= 0.3 is 5.97 Å². The molecule has 1 aliphatic heterocycles. The van der Waals surface area contributed by atoms with Gasteiger partial charge in [-0.3, -0.25) is 9.69 Å². The van der Waals surface area contributed by atoms with Crippen LogP contribution in [-0.4, -0.2) is 61.2 Å². The van der Waals surface area contributed by atoms with Crippen molar-refractivity contribution in [2.75, 3.05) is 39.5 Å². The van der Waals surface area contributed by atoms with Crippen LogP contribution in [0.3, 0.4) is 0 Å². The molecule has 2 aromatic rings. The fourth-order valence-corrected chi connectivity index (χ4v) is 4.67. The standard InChI is InChI=1S/C26H29Cl2NO5/c1-18(24-21(27)7-4-8-22(24)28)25(26(31)32)23(30)10-9-19-5-2-3-6-20(19)17-34-16-13-29-11-14-33-15-12-29/h2-8H,9-17H2,1H3,(H,31,32). The van der Waals surface area contributed by atoms with Crippen LogP contribution in [0.4, 0.5) is 0 Å². The van der Waals surface area contributed by atoms with Gasteiger partial charge in [-0.25, -0.2) is 4.79 Å². The first-order chi connectivity index (χ1) is 16.4. The number of rotatable bonds is 11. The van der Waals surface area contributed by atoms with Crippen LogP contribution in [-0.2, 0) is 32.1 Å². The third-order valence-corrected chi connectivity index (χ3v) is 6.49. The maximum atomic E-state index is 13.0. The van der Waals surface area contributed by atoms with E-state index >= 15 is 0 Å². The van der Waals surface area contributed by atoms with Gasteiger partial charge in [0.25, 0.3) is 0 Å². The van der Waals surface area contributed by atoms with E-state index in [-0.39, 0.29) is 17.6 Å². The number of nitrogens with zero attached hydrogens (tertiary/aromatic N) is 1. The summed E-state index contributed by atoms with van der Waals surface area (Å²) >= 11 is 12.5. The Hall–Kier alpha value is -2.22. The van der Waals surface area contributed by atoms with Gasteiger partial charge in [0, 0.05) is 41.7 Å². The Morgan fingerprint density at radius 1 is 1.03 bits per heavy atom. The normalized spacial score (nSPS) is 15.1. The van der Waals surface area contributed by atoms with Crippen LogP contribution in [0.2, 0.25) is 10.0 Å². The molecule has 0 radical (unpaired) electrons. The number of halogens is 2. The van der Waals surface area contributed by atoms with Crippen LogP contribution in [0.25, 0.3) is 5.57 Å². The number of carboxylic acid groups (broad SMARTS) is 1. The van der Waals surface area contributed by atoms with E-state index in [9.17, 15) is 14.7 Å². The number of carbonyl (C=O) groups excluding carboxylic acids is 1. The minimum Gasteiger partial charge on any atom is -0.478 e. The van der Waals surface area contributed by atoms with Crippen molar-refractivity contribution >= 4 is 40.5 Å². The maximum absolute atomic E-state index is 13.0. The van der Waals surface area contributed by atoms with Gasteiger partial charge in [0.15, 0.2) is 5.78 Å². The highest BCUT2D eigenvalue weighted by molar-refractivity contribution is 6.38. The molecule has 0 aliphatic carbocycles. The van der Waals surface area contributed by atoms with Crippen molar-refractivity contribution in [2.45, 2.75) is 26.4 Å². The number of morpholine rings is 1. The molecule has 1 saturated heterocycles. The number of Topliss-reactive ketones (excluding diaryl/α,β-unsaturated/α-hetero) is 1. The van der Waals surface area contributed by atoms with Gasteiger partial charge in [-0.05, 0) is 42.2 Å². The Balaban J connectivity index is 1.64. The van der Waals surface area contributed by atoms with Gasteiger partial charge < -0.3 is 14.6 Å². The Kier molecular flexibility index (Phi) is 10.1. The number of aryl methyl sites for hydroxylation is 1. The number of allylic oxidation sites excluding steroid dienone is 1. The van der Waals surface area contributed by atoms with E-state index in [0.717, 1.165) is 44.0 Å². The van der Waals surface area contributed by atoms with E-state index in [4.69, 9.17) is 32.7 Å². The van der Waals surface area contributed by atoms with Crippen molar-refractivity contribution in [2.24, 2.45) is 0 Å². The summed E-state index contributed by atoms with van der Waals surface area (Å²) in [7, 11) is 0. The highest BCUT2D eigenvalue weighted by Gasteiger charge is 2.23. The zero-order valence-corrected chi connectivity index (χ0v) is 20.7. The molecular weight excluding hydrogens is 477 g/mol. The first kappa shape index (κ1) is 26.4. The molecule has 8 heteroatoms. The maximum Gasteiger partial charge on any atom is 0.339 e. The second-order valence-electron chi connectivity index (χ2n) is 8.10. The largest absolute Gasteiger partial charge is 0.478 e. The molecule has 1 fully saturated rings. The second kappa shape index (κ2) is 13.0. The fraction of sp³-hybridized carbons (Fsp3) is 0.385. The zero-order valence-electron chi connectivity index (χ0n) is 19.2. The lowest BCUT2D eigenvalue weighted by Crippen LogP contribution is -2.38. The fourth-order valence-electron chi connectivity index (χ4n) is 3.99. The van der Waals surface area contributed by atoms with Gasteiger partial charge in [0.2, 0.25) is 0 Å². The molecule has 34 heavy (non-hydrogen) atoms. The van der Waals surface area contributed by atoms with Gasteiger partial charge in [-0.2, -0.15) is 0 Å². The first-order valence-corrected chi connectivity index (χ1v) is 12.0. The summed E-state index contributed by atoms with van der Waals surface area (Å²) in [5, 5.41) is 10.4. The molecular formula is C26H29Cl2NO5. The van der Waals surface area contributed by atoms with E-state index in [0.29, 0.717) is 35.2 Å². The zero-order chi connectivity index (χ0) is 24.5. The molecule has 6 nitrogen and oxygen atoms in total. The molecule has 1 N–H and O–H groups in total. The van der Waals surface area contributed by atoms with E-state index < -0.39 is 11.8 Å². The summed E-state index contributed by atoms with van der Waals surface area (Å²) < 4.78 is 11.2. The number of hydrogen-bond donors (Lipinski definition) is 1.